The maximum atomic E-state index is 9.84. The fourth-order valence-corrected chi connectivity index (χ4v) is 0.637. The van der Waals surface area contributed by atoms with E-state index in [2.05, 4.69) is 18.0 Å². The molecule has 0 heterocycles. The fraction of sp³-hybridized carbons (Fsp3) is 0.875. The summed E-state index contributed by atoms with van der Waals surface area (Å²) >= 11 is 0. The number of rotatable bonds is 5. The van der Waals surface area contributed by atoms with Crippen molar-refractivity contribution >= 4 is 10.4 Å². The number of unbranched alkanes of at least 4 members (excludes halogenated alkanes) is 2. The Kier molecular flexibility index (Phi) is 19.2. The summed E-state index contributed by atoms with van der Waals surface area (Å²) in [5.41, 5.74) is 0. The van der Waals surface area contributed by atoms with Gasteiger partial charge < -0.3 is 6.92 Å². The Morgan fingerprint density at radius 2 is 1.71 bits per heavy atom. The number of hydrogen-bond acceptors (Lipinski definition) is 3. The minimum Gasteiger partial charge on any atom is -0.343 e. The second kappa shape index (κ2) is 13.5. The third-order valence-electron chi connectivity index (χ3n) is 1.08. The Bertz CT molecular complexity index is 178. The average molecular weight is 218 g/mol. The van der Waals surface area contributed by atoms with Crippen LogP contribution in [0.5, 0.6) is 0 Å². The van der Waals surface area contributed by atoms with Crippen molar-refractivity contribution in [2.24, 2.45) is 0 Å². The van der Waals surface area contributed by atoms with Crippen LogP contribution in [0, 0.1) is 6.92 Å². The van der Waals surface area contributed by atoms with Crippen LogP contribution in [0.25, 0.3) is 0 Å². The first-order valence-corrected chi connectivity index (χ1v) is 5.75. The molecular formula is C8H19LiO4S. The van der Waals surface area contributed by atoms with Crippen molar-refractivity contribution in [1.82, 2.24) is 0 Å². The predicted octanol–water partition coefficient (Wildman–Crippen LogP) is -0.770. The van der Waals surface area contributed by atoms with Gasteiger partial charge in [0, 0.05) is 0 Å². The molecule has 0 unspecified atom stereocenters. The van der Waals surface area contributed by atoms with Gasteiger partial charge in [-0.1, -0.05) is 26.7 Å². The molecule has 0 aliphatic rings. The predicted molar refractivity (Wildman–Crippen MR) is 52.7 cm³/mol. The Morgan fingerprint density at radius 1 is 1.29 bits per heavy atom. The second-order valence-corrected chi connectivity index (χ2v) is 3.55. The molecule has 0 atom stereocenters. The number of hydrogen-bond donors (Lipinski definition) is 1. The molecule has 82 valence electrons. The summed E-state index contributed by atoms with van der Waals surface area (Å²) < 4.78 is 31.7. The van der Waals surface area contributed by atoms with Gasteiger partial charge in [-0.05, 0) is 6.42 Å². The van der Waals surface area contributed by atoms with Crippen molar-refractivity contribution in [3.8, 4) is 0 Å². The maximum Gasteiger partial charge on any atom is 1.00 e. The van der Waals surface area contributed by atoms with Crippen molar-refractivity contribution in [2.75, 3.05) is 6.61 Å². The summed E-state index contributed by atoms with van der Waals surface area (Å²) in [7, 11) is -4.20. The zero-order valence-corrected chi connectivity index (χ0v) is 10.1. The van der Waals surface area contributed by atoms with Crippen molar-refractivity contribution in [2.45, 2.75) is 39.5 Å². The molecule has 0 spiro atoms. The normalized spacial score (nSPS) is 9.71. The largest absolute Gasteiger partial charge is 1.00 e. The smallest absolute Gasteiger partial charge is 0.343 e. The first-order chi connectivity index (χ1) is 5.97. The first-order valence-electron chi connectivity index (χ1n) is 4.39. The van der Waals surface area contributed by atoms with Gasteiger partial charge >= 0.3 is 29.3 Å². The molecule has 0 radical (unpaired) electrons. The first kappa shape index (κ1) is 20.0. The summed E-state index contributed by atoms with van der Waals surface area (Å²) in [6, 6.07) is 0. The quantitative estimate of drug-likeness (QED) is 0.285. The van der Waals surface area contributed by atoms with E-state index in [0.717, 1.165) is 12.8 Å². The molecule has 0 saturated carbocycles. The van der Waals surface area contributed by atoms with Gasteiger partial charge in [-0.3, -0.25) is 4.55 Å². The zero-order chi connectivity index (χ0) is 10.7. The van der Waals surface area contributed by atoms with Crippen LogP contribution in [0.4, 0.5) is 0 Å². The van der Waals surface area contributed by atoms with E-state index in [0.29, 0.717) is 6.42 Å². The fourth-order valence-electron chi connectivity index (χ4n) is 0.309. The topological polar surface area (TPSA) is 63.6 Å². The van der Waals surface area contributed by atoms with Gasteiger partial charge in [0.25, 0.3) is 0 Å². The third kappa shape index (κ3) is 29.4. The van der Waals surface area contributed by atoms with Crippen LogP contribution in [-0.4, -0.2) is 19.6 Å². The van der Waals surface area contributed by atoms with Crippen LogP contribution < -0.4 is 18.9 Å². The molecule has 0 bridgehead atoms. The van der Waals surface area contributed by atoms with E-state index >= 15 is 0 Å². The van der Waals surface area contributed by atoms with E-state index in [9.17, 15) is 8.42 Å². The molecule has 0 aliphatic heterocycles. The van der Waals surface area contributed by atoms with E-state index < -0.39 is 10.4 Å². The van der Waals surface area contributed by atoms with Crippen LogP contribution in [0.2, 0.25) is 0 Å². The minimum atomic E-state index is -4.20. The maximum absolute atomic E-state index is 9.84. The molecule has 0 rings (SSSR count). The van der Waals surface area contributed by atoms with Crippen LogP contribution in [-0.2, 0) is 14.6 Å². The molecule has 0 aliphatic carbocycles. The summed E-state index contributed by atoms with van der Waals surface area (Å²) in [5.74, 6) is 0. The van der Waals surface area contributed by atoms with Gasteiger partial charge in [-0.15, -0.1) is 0 Å². The van der Waals surface area contributed by atoms with Crippen LogP contribution in [0.15, 0.2) is 0 Å². The van der Waals surface area contributed by atoms with Crippen molar-refractivity contribution < 1.29 is 36.0 Å². The molecule has 4 nitrogen and oxygen atoms in total. The van der Waals surface area contributed by atoms with Crippen LogP contribution in [0.3, 0.4) is 0 Å². The molecule has 0 amide bonds. The molecule has 0 fully saturated rings. The summed E-state index contributed by atoms with van der Waals surface area (Å²) in [6.07, 6.45) is 3.76. The molecule has 6 heteroatoms. The third-order valence-corrected chi connectivity index (χ3v) is 1.55. The van der Waals surface area contributed by atoms with Crippen molar-refractivity contribution in [1.29, 1.82) is 0 Å². The molecule has 14 heavy (non-hydrogen) atoms. The van der Waals surface area contributed by atoms with E-state index in [1.165, 1.54) is 6.42 Å². The van der Waals surface area contributed by atoms with Gasteiger partial charge in [0.05, 0.1) is 6.61 Å². The molecular weight excluding hydrogens is 199 g/mol. The SMILES string of the molecule is CCCCOS(=O)(=O)O.[CH2-]CCC.[Li+]. The van der Waals surface area contributed by atoms with Gasteiger partial charge in [-0.25, -0.2) is 4.18 Å². The van der Waals surface area contributed by atoms with Gasteiger partial charge in [0.1, 0.15) is 0 Å². The standard InChI is InChI=1S/C4H10O4S.C4H9.Li/c1-2-3-4-8-9(5,6)7;1-3-4-2;/h2-4H2,1H3,(H,5,6,7);1,3-4H2,2H3;/q;-1;+1. The Labute approximate surface area is 99.5 Å². The van der Waals surface area contributed by atoms with Crippen LogP contribution >= 0.6 is 0 Å². The monoisotopic (exact) mass is 218 g/mol. The Balaban J connectivity index is -0.000000209. The van der Waals surface area contributed by atoms with Crippen molar-refractivity contribution in [3.63, 3.8) is 0 Å². The summed E-state index contributed by atoms with van der Waals surface area (Å²) in [4.78, 5) is 0. The molecule has 0 aromatic carbocycles. The van der Waals surface area contributed by atoms with Gasteiger partial charge in [-0.2, -0.15) is 14.8 Å². The minimum absolute atomic E-state index is 0. The molecule has 0 aromatic heterocycles. The Hall–Kier alpha value is 0.467. The second-order valence-electron chi connectivity index (χ2n) is 2.46. The van der Waals surface area contributed by atoms with E-state index in [1.807, 2.05) is 6.92 Å². The summed E-state index contributed by atoms with van der Waals surface area (Å²) in [5, 5.41) is 0. The van der Waals surface area contributed by atoms with E-state index in [-0.39, 0.29) is 25.5 Å². The van der Waals surface area contributed by atoms with Crippen LogP contribution in [0.1, 0.15) is 39.5 Å². The molecule has 1 N–H and O–H groups in total. The van der Waals surface area contributed by atoms with Gasteiger partial charge in [0.2, 0.25) is 0 Å². The zero-order valence-electron chi connectivity index (χ0n) is 9.32. The Morgan fingerprint density at radius 3 is 1.93 bits per heavy atom. The van der Waals surface area contributed by atoms with Crippen molar-refractivity contribution in [3.05, 3.63) is 6.92 Å². The van der Waals surface area contributed by atoms with E-state index in [1.54, 1.807) is 0 Å². The summed E-state index contributed by atoms with van der Waals surface area (Å²) in [6.45, 7) is 7.68. The molecule has 0 aromatic rings. The molecule has 0 saturated heterocycles. The van der Waals surface area contributed by atoms with E-state index in [4.69, 9.17) is 4.55 Å². The average Bonchev–Trinajstić information content (AvgIpc) is 2.03. The van der Waals surface area contributed by atoms with Gasteiger partial charge in [0.15, 0.2) is 0 Å².